The Morgan fingerprint density at radius 3 is 1.92 bits per heavy atom. The number of fused-ring (bicyclic) bond motifs is 2. The third kappa shape index (κ3) is 1.16. The van der Waals surface area contributed by atoms with E-state index in [4.69, 9.17) is 0 Å². The van der Waals surface area contributed by atoms with E-state index >= 15 is 0 Å². The standard InChI is InChI=1S/C11H21N.ClH/c1-10(2)8-5-6-9(7-8)11(10,3)12-4;/h8-9,12H,5-7H2,1-4H3;1H/p-1/t8-,9+,11?;/m1./s1. The van der Waals surface area contributed by atoms with E-state index in [1.54, 1.807) is 0 Å². The van der Waals surface area contributed by atoms with E-state index in [2.05, 4.69) is 33.1 Å². The molecule has 2 saturated carbocycles. The minimum atomic E-state index is 0. The molecule has 0 radical (unpaired) electrons. The van der Waals surface area contributed by atoms with Gasteiger partial charge in [0.05, 0.1) is 0 Å². The number of nitrogens with one attached hydrogen (secondary N) is 1. The fourth-order valence-corrected chi connectivity index (χ4v) is 3.64. The van der Waals surface area contributed by atoms with Gasteiger partial charge in [-0.3, -0.25) is 0 Å². The Morgan fingerprint density at radius 1 is 1.08 bits per heavy atom. The molecule has 0 aromatic carbocycles. The van der Waals surface area contributed by atoms with Crippen molar-refractivity contribution in [1.29, 1.82) is 0 Å². The zero-order valence-electron chi connectivity index (χ0n) is 9.15. The lowest BCUT2D eigenvalue weighted by atomic mass is 9.64. The van der Waals surface area contributed by atoms with Crippen molar-refractivity contribution in [3.05, 3.63) is 0 Å². The summed E-state index contributed by atoms with van der Waals surface area (Å²) in [5.74, 6) is 1.91. The molecule has 2 aliphatic carbocycles. The zero-order valence-corrected chi connectivity index (χ0v) is 9.91. The van der Waals surface area contributed by atoms with E-state index < -0.39 is 0 Å². The minimum absolute atomic E-state index is 0. The van der Waals surface area contributed by atoms with E-state index in [-0.39, 0.29) is 12.4 Å². The van der Waals surface area contributed by atoms with Gasteiger partial charge < -0.3 is 17.7 Å². The molecule has 2 aliphatic rings. The van der Waals surface area contributed by atoms with Gasteiger partial charge in [0, 0.05) is 5.54 Å². The summed E-state index contributed by atoms with van der Waals surface area (Å²) in [4.78, 5) is 0. The Kier molecular flexibility index (Phi) is 2.73. The predicted molar refractivity (Wildman–Crippen MR) is 52.1 cm³/mol. The molecule has 0 saturated heterocycles. The molecule has 0 amide bonds. The second-order valence-corrected chi connectivity index (χ2v) is 5.38. The fourth-order valence-electron chi connectivity index (χ4n) is 3.64. The highest BCUT2D eigenvalue weighted by atomic mass is 35.5. The predicted octanol–water partition coefficient (Wildman–Crippen LogP) is -0.575. The third-order valence-electron chi connectivity index (χ3n) is 5.13. The Morgan fingerprint density at radius 2 is 1.62 bits per heavy atom. The molecule has 78 valence electrons. The van der Waals surface area contributed by atoms with Gasteiger partial charge in [-0.15, -0.1) is 0 Å². The summed E-state index contributed by atoms with van der Waals surface area (Å²) in [6.45, 7) is 7.29. The fraction of sp³-hybridized carbons (Fsp3) is 1.00. The average Bonchev–Trinajstić information content (AvgIpc) is 2.55. The van der Waals surface area contributed by atoms with Crippen LogP contribution < -0.4 is 17.7 Å². The molecule has 0 heterocycles. The molecule has 1 N–H and O–H groups in total. The summed E-state index contributed by atoms with van der Waals surface area (Å²) < 4.78 is 0. The Hall–Kier alpha value is 0.250. The van der Waals surface area contributed by atoms with Crippen molar-refractivity contribution in [2.75, 3.05) is 7.05 Å². The smallest absolute Gasteiger partial charge is 0.0232 e. The highest BCUT2D eigenvalue weighted by Gasteiger charge is 2.59. The van der Waals surface area contributed by atoms with Gasteiger partial charge in [-0.1, -0.05) is 13.8 Å². The third-order valence-corrected chi connectivity index (χ3v) is 5.13. The maximum atomic E-state index is 3.56. The number of hydrogen-bond acceptors (Lipinski definition) is 1. The van der Waals surface area contributed by atoms with Crippen LogP contribution in [0.2, 0.25) is 0 Å². The molecule has 1 nitrogen and oxygen atoms in total. The largest absolute Gasteiger partial charge is 1.00 e. The van der Waals surface area contributed by atoms with Crippen molar-refractivity contribution in [3.63, 3.8) is 0 Å². The van der Waals surface area contributed by atoms with Crippen LogP contribution in [0.15, 0.2) is 0 Å². The van der Waals surface area contributed by atoms with E-state index in [1.165, 1.54) is 19.3 Å². The molecule has 0 spiro atoms. The normalized spacial score (nSPS) is 46.2. The Labute approximate surface area is 88.1 Å². The van der Waals surface area contributed by atoms with Crippen molar-refractivity contribution >= 4 is 0 Å². The SMILES string of the molecule is CNC1(C)[C@H]2CC[C@H](C2)C1(C)C.[Cl-]. The zero-order chi connectivity index (χ0) is 8.98. The van der Waals surface area contributed by atoms with Crippen LogP contribution >= 0.6 is 0 Å². The van der Waals surface area contributed by atoms with Crippen LogP contribution in [0.5, 0.6) is 0 Å². The first-order valence-electron chi connectivity index (χ1n) is 5.21. The first kappa shape index (κ1) is 11.3. The second-order valence-electron chi connectivity index (χ2n) is 5.38. The van der Waals surface area contributed by atoms with Crippen molar-refractivity contribution < 1.29 is 12.4 Å². The lowest BCUT2D eigenvalue weighted by Crippen LogP contribution is -3.00. The summed E-state index contributed by atoms with van der Waals surface area (Å²) in [6, 6.07) is 0. The van der Waals surface area contributed by atoms with Gasteiger partial charge in [-0.25, -0.2) is 0 Å². The molecular formula is C11H21ClN-. The van der Waals surface area contributed by atoms with Crippen molar-refractivity contribution in [1.82, 2.24) is 5.32 Å². The van der Waals surface area contributed by atoms with Crippen LogP contribution in [0.1, 0.15) is 40.0 Å². The molecule has 1 unspecified atom stereocenters. The van der Waals surface area contributed by atoms with E-state index in [0.29, 0.717) is 11.0 Å². The first-order valence-corrected chi connectivity index (χ1v) is 5.21. The summed E-state index contributed by atoms with van der Waals surface area (Å²) in [5.41, 5.74) is 0.903. The van der Waals surface area contributed by atoms with E-state index in [1.807, 2.05) is 0 Å². The lowest BCUT2D eigenvalue weighted by molar-refractivity contribution is -0.00000290. The molecular weight excluding hydrogens is 182 g/mol. The molecule has 13 heavy (non-hydrogen) atoms. The van der Waals surface area contributed by atoms with E-state index in [9.17, 15) is 0 Å². The molecule has 3 atom stereocenters. The second kappa shape index (κ2) is 3.13. The van der Waals surface area contributed by atoms with Gasteiger partial charge in [0.15, 0.2) is 0 Å². The van der Waals surface area contributed by atoms with Gasteiger partial charge in [0.25, 0.3) is 0 Å². The maximum absolute atomic E-state index is 3.56. The number of hydrogen-bond donors (Lipinski definition) is 1. The molecule has 0 aromatic rings. The first-order chi connectivity index (χ1) is 5.52. The Balaban J connectivity index is 0.000000845. The van der Waals surface area contributed by atoms with Gasteiger partial charge in [0.1, 0.15) is 0 Å². The number of rotatable bonds is 1. The molecule has 2 heteroatoms. The molecule has 0 aromatic heterocycles. The quantitative estimate of drug-likeness (QED) is 0.601. The van der Waals surface area contributed by atoms with Gasteiger partial charge in [0.2, 0.25) is 0 Å². The van der Waals surface area contributed by atoms with Crippen molar-refractivity contribution in [2.24, 2.45) is 17.3 Å². The topological polar surface area (TPSA) is 12.0 Å². The summed E-state index contributed by atoms with van der Waals surface area (Å²) >= 11 is 0. The monoisotopic (exact) mass is 202 g/mol. The summed E-state index contributed by atoms with van der Waals surface area (Å²) in [5, 5.41) is 3.56. The van der Waals surface area contributed by atoms with Crippen LogP contribution in [-0.2, 0) is 0 Å². The minimum Gasteiger partial charge on any atom is -1.00 e. The van der Waals surface area contributed by atoms with Crippen LogP contribution in [0.3, 0.4) is 0 Å². The average molecular weight is 203 g/mol. The van der Waals surface area contributed by atoms with Crippen LogP contribution in [0.4, 0.5) is 0 Å². The maximum Gasteiger partial charge on any atom is 0.0232 e. The van der Waals surface area contributed by atoms with E-state index in [0.717, 1.165) is 11.8 Å². The van der Waals surface area contributed by atoms with Crippen LogP contribution in [-0.4, -0.2) is 12.6 Å². The molecule has 2 bridgehead atoms. The van der Waals surface area contributed by atoms with Crippen LogP contribution in [0.25, 0.3) is 0 Å². The highest BCUT2D eigenvalue weighted by Crippen LogP contribution is 2.60. The molecule has 2 fully saturated rings. The Bertz CT molecular complexity index is 202. The van der Waals surface area contributed by atoms with Crippen molar-refractivity contribution in [2.45, 2.75) is 45.6 Å². The van der Waals surface area contributed by atoms with Crippen LogP contribution in [0, 0.1) is 17.3 Å². The van der Waals surface area contributed by atoms with Gasteiger partial charge in [-0.2, -0.15) is 0 Å². The summed E-state index contributed by atoms with van der Waals surface area (Å²) in [6.07, 6.45) is 4.38. The van der Waals surface area contributed by atoms with Gasteiger partial charge in [-0.05, 0) is 50.5 Å². The molecule has 2 rings (SSSR count). The molecule has 0 aliphatic heterocycles. The lowest BCUT2D eigenvalue weighted by Gasteiger charge is -2.47. The summed E-state index contributed by atoms with van der Waals surface area (Å²) in [7, 11) is 2.13. The van der Waals surface area contributed by atoms with Crippen molar-refractivity contribution in [3.8, 4) is 0 Å². The highest BCUT2D eigenvalue weighted by molar-refractivity contribution is 5.13. The number of halogens is 1. The van der Waals surface area contributed by atoms with Gasteiger partial charge >= 0.3 is 0 Å².